The van der Waals surface area contributed by atoms with Crippen molar-refractivity contribution < 1.29 is 0 Å². The third kappa shape index (κ3) is 3.26. The molecule has 2 N–H and O–H groups in total. The summed E-state index contributed by atoms with van der Waals surface area (Å²) < 4.78 is 1.61. The van der Waals surface area contributed by atoms with Gasteiger partial charge in [0.2, 0.25) is 0 Å². The number of thiophene rings is 1. The summed E-state index contributed by atoms with van der Waals surface area (Å²) in [7, 11) is -2.87. The third-order valence-corrected chi connectivity index (χ3v) is 17.1. The smallest absolute Gasteiger partial charge is 0.0513 e. The number of hydrogen-bond donors (Lipinski definition) is 1. The van der Waals surface area contributed by atoms with Gasteiger partial charge in [0.1, 0.15) is 0 Å². The molecule has 0 aliphatic carbocycles. The summed E-state index contributed by atoms with van der Waals surface area (Å²) >= 11 is 1.98. The predicted molar refractivity (Wildman–Crippen MR) is 121 cm³/mol. The van der Waals surface area contributed by atoms with Gasteiger partial charge in [-0.05, 0) is 77.4 Å². The molecule has 0 atom stereocenters. The molecule has 0 saturated heterocycles. The normalized spacial score (nSPS) is 22.4. The highest BCUT2D eigenvalue weighted by Gasteiger charge is 2.62. The number of hydrogen-bond acceptors (Lipinski definition) is 2. The first-order valence-electron chi connectivity index (χ1n) is 10.6. The molecule has 0 saturated carbocycles. The van der Waals surface area contributed by atoms with E-state index >= 15 is 0 Å². The highest BCUT2D eigenvalue weighted by molar-refractivity contribution is 8.66. The molecule has 0 radical (unpaired) electrons. The molecule has 1 aromatic rings. The van der Waals surface area contributed by atoms with E-state index in [2.05, 4.69) is 45.2 Å². The van der Waals surface area contributed by atoms with E-state index in [4.69, 9.17) is 5.14 Å². The molecule has 0 spiro atoms. The molecule has 25 heavy (non-hydrogen) atoms. The topological polar surface area (TPSA) is 26.0 Å². The average molecular weight is 384 g/mol. The molecular weight excluding hydrogens is 342 g/mol. The van der Waals surface area contributed by atoms with Crippen LogP contribution in [0.2, 0.25) is 0 Å². The fourth-order valence-electron chi connectivity index (χ4n) is 4.88. The summed E-state index contributed by atoms with van der Waals surface area (Å²) in [5.74, 6) is 3.71. The first kappa shape index (κ1) is 21.1. The molecule has 3 heteroatoms. The van der Waals surface area contributed by atoms with Crippen LogP contribution < -0.4 is 5.14 Å². The number of rotatable bonds is 12. The van der Waals surface area contributed by atoms with Crippen molar-refractivity contribution >= 4 is 25.9 Å². The Hall–Kier alpha value is -0.250. The Morgan fingerprint density at radius 3 is 1.84 bits per heavy atom. The molecule has 1 aromatic heterocycles. The fraction of sp³-hybridized carbons (Fsp3) is 0.727. The molecule has 0 unspecified atom stereocenters. The van der Waals surface area contributed by atoms with Gasteiger partial charge in [0.25, 0.3) is 0 Å². The minimum atomic E-state index is -2.87. The van der Waals surface area contributed by atoms with Crippen LogP contribution in [0.25, 0.3) is 6.08 Å². The first-order chi connectivity index (χ1) is 11.9. The lowest BCUT2D eigenvalue weighted by Gasteiger charge is -2.77. The van der Waals surface area contributed by atoms with E-state index in [-0.39, 0.29) is 0 Å². The molecule has 0 amide bonds. The zero-order valence-electron chi connectivity index (χ0n) is 17.1. The molecular formula is C22H41NS2. The van der Waals surface area contributed by atoms with E-state index in [1.807, 2.05) is 11.3 Å². The van der Waals surface area contributed by atoms with Crippen molar-refractivity contribution in [2.75, 3.05) is 17.3 Å². The Morgan fingerprint density at radius 2 is 1.36 bits per heavy atom. The van der Waals surface area contributed by atoms with Gasteiger partial charge in [-0.25, -0.2) is 0 Å². The minimum Gasteiger partial charge on any atom is -0.300 e. The second kappa shape index (κ2) is 7.78. The molecule has 1 nitrogen and oxygen atoms in total. The van der Waals surface area contributed by atoms with E-state index < -0.39 is 8.48 Å². The SMILES string of the molecule is CCCCC1=Cc2ccsc2S1(N)(CCCC)(CCCC)CCCC. The number of allylic oxidation sites excluding steroid dienone is 1. The van der Waals surface area contributed by atoms with Crippen molar-refractivity contribution in [3.8, 4) is 0 Å². The molecule has 2 heterocycles. The van der Waals surface area contributed by atoms with Gasteiger partial charge in [-0.2, -0.15) is 8.48 Å². The van der Waals surface area contributed by atoms with Crippen LogP contribution in [0.3, 0.4) is 0 Å². The van der Waals surface area contributed by atoms with Crippen molar-refractivity contribution in [3.63, 3.8) is 0 Å². The maximum atomic E-state index is 8.07. The van der Waals surface area contributed by atoms with Crippen molar-refractivity contribution in [3.05, 3.63) is 21.9 Å². The second-order valence-electron chi connectivity index (χ2n) is 8.37. The number of nitrogens with two attached hydrogens (primary N) is 1. The highest BCUT2D eigenvalue weighted by Crippen LogP contribution is 2.97. The zero-order valence-corrected chi connectivity index (χ0v) is 18.7. The van der Waals surface area contributed by atoms with Gasteiger partial charge < -0.3 is 0 Å². The zero-order chi connectivity index (χ0) is 18.5. The summed E-state index contributed by atoms with van der Waals surface area (Å²) in [6.07, 6.45) is 13.9. The minimum absolute atomic E-state index is 1.22. The average Bonchev–Trinajstić information content (AvgIpc) is 3.17. The molecule has 0 bridgehead atoms. The molecule has 1 aliphatic rings. The van der Waals surface area contributed by atoms with Crippen molar-refractivity contribution in [1.82, 2.24) is 0 Å². The van der Waals surface area contributed by atoms with Crippen molar-refractivity contribution in [2.24, 2.45) is 5.14 Å². The van der Waals surface area contributed by atoms with Crippen molar-refractivity contribution in [2.45, 2.75) is 89.7 Å². The predicted octanol–water partition coefficient (Wildman–Crippen LogP) is 7.80. The van der Waals surface area contributed by atoms with Gasteiger partial charge in [0.05, 0.1) is 4.21 Å². The fourth-order valence-corrected chi connectivity index (χ4v) is 15.8. The summed E-state index contributed by atoms with van der Waals surface area (Å²) in [4.78, 5) is 1.68. The third-order valence-electron chi connectivity index (χ3n) is 6.51. The van der Waals surface area contributed by atoms with E-state index in [1.54, 1.807) is 9.11 Å². The standard InChI is InChI=1S/C22H41NS2/c1-5-9-13-21-19-20-14-15-24-22(20)25(21,23,16-10-6-2,17-11-7-3)18-12-8-4/h14-15,19H,5-13,16-18,23H2,1-4H3. The van der Waals surface area contributed by atoms with Crippen LogP contribution in [0.15, 0.2) is 20.6 Å². The summed E-state index contributed by atoms with van der Waals surface area (Å²) in [5.41, 5.74) is 1.48. The van der Waals surface area contributed by atoms with E-state index in [0.29, 0.717) is 0 Å². The summed E-state index contributed by atoms with van der Waals surface area (Å²) in [6, 6.07) is 2.34. The number of unbranched alkanes of at least 4 members (excludes halogenated alkanes) is 4. The molecule has 146 valence electrons. The van der Waals surface area contributed by atoms with E-state index in [1.165, 1.54) is 80.6 Å². The quantitative estimate of drug-likeness (QED) is 0.391. The van der Waals surface area contributed by atoms with Crippen LogP contribution in [-0.4, -0.2) is 17.3 Å². The van der Waals surface area contributed by atoms with Crippen LogP contribution in [0.5, 0.6) is 0 Å². The highest BCUT2D eigenvalue weighted by atomic mass is 32.4. The largest absolute Gasteiger partial charge is 0.300 e. The first-order valence-corrected chi connectivity index (χ1v) is 14.5. The lowest BCUT2D eigenvalue weighted by molar-refractivity contribution is 0.789. The lowest BCUT2D eigenvalue weighted by atomic mass is 10.2. The Kier molecular flexibility index (Phi) is 6.55. The second-order valence-corrected chi connectivity index (χ2v) is 16.3. The van der Waals surface area contributed by atoms with Crippen LogP contribution in [-0.2, 0) is 0 Å². The van der Waals surface area contributed by atoms with Gasteiger partial charge in [0, 0.05) is 0 Å². The van der Waals surface area contributed by atoms with Crippen LogP contribution >= 0.6 is 19.8 Å². The van der Waals surface area contributed by atoms with Gasteiger partial charge in [0.15, 0.2) is 0 Å². The van der Waals surface area contributed by atoms with Gasteiger partial charge in [-0.3, -0.25) is 5.14 Å². The maximum Gasteiger partial charge on any atom is 0.0513 e. The summed E-state index contributed by atoms with van der Waals surface area (Å²) in [5, 5.41) is 10.4. The molecule has 2 rings (SSSR count). The van der Waals surface area contributed by atoms with Gasteiger partial charge >= 0.3 is 0 Å². The van der Waals surface area contributed by atoms with Crippen LogP contribution in [0.4, 0.5) is 0 Å². The van der Waals surface area contributed by atoms with Crippen LogP contribution in [0.1, 0.15) is 91.0 Å². The lowest BCUT2D eigenvalue weighted by Crippen LogP contribution is -2.52. The van der Waals surface area contributed by atoms with E-state index in [9.17, 15) is 0 Å². The molecule has 1 aliphatic heterocycles. The Labute approximate surface area is 159 Å². The Morgan fingerprint density at radius 1 is 0.840 bits per heavy atom. The van der Waals surface area contributed by atoms with Crippen LogP contribution in [0, 0.1) is 0 Å². The Balaban J connectivity index is 2.70. The van der Waals surface area contributed by atoms with E-state index in [0.717, 1.165) is 0 Å². The van der Waals surface area contributed by atoms with Gasteiger partial charge in [-0.15, -0.1) is 11.3 Å². The van der Waals surface area contributed by atoms with Gasteiger partial charge in [-0.1, -0.05) is 53.4 Å². The Bertz CT molecular complexity index is 586. The molecule has 0 fully saturated rings. The number of fused-ring (bicyclic) bond motifs is 1. The molecule has 0 aromatic carbocycles. The summed E-state index contributed by atoms with van der Waals surface area (Å²) in [6.45, 7) is 9.30. The monoisotopic (exact) mass is 383 g/mol. The maximum absolute atomic E-state index is 8.07. The van der Waals surface area contributed by atoms with Crippen molar-refractivity contribution in [1.29, 1.82) is 0 Å².